The van der Waals surface area contributed by atoms with Gasteiger partial charge in [0.25, 0.3) is 0 Å². The van der Waals surface area contributed by atoms with Crippen LogP contribution < -0.4 is 10.6 Å². The molecule has 2 amide bonds. The van der Waals surface area contributed by atoms with E-state index in [-0.39, 0.29) is 25.3 Å². The quantitative estimate of drug-likeness (QED) is 0.634. The summed E-state index contributed by atoms with van der Waals surface area (Å²) >= 11 is 0. The molecule has 0 spiro atoms. The van der Waals surface area contributed by atoms with E-state index in [0.29, 0.717) is 11.4 Å². The Labute approximate surface area is 172 Å². The Bertz CT molecular complexity index is 970. The summed E-state index contributed by atoms with van der Waals surface area (Å²) in [6.45, 7) is 0.741. The van der Waals surface area contributed by atoms with Gasteiger partial charge in [0.1, 0.15) is 0 Å². The number of hydrogen-bond donors (Lipinski definition) is 2. The lowest BCUT2D eigenvalue weighted by Crippen LogP contribution is -2.30. The molecular formula is C18H19F6N5O2. The van der Waals surface area contributed by atoms with E-state index in [4.69, 9.17) is 0 Å². The van der Waals surface area contributed by atoms with Gasteiger partial charge in [0.05, 0.1) is 42.2 Å². The molecule has 1 aliphatic rings. The number of hydrogen-bond acceptors (Lipinski definition) is 4. The van der Waals surface area contributed by atoms with Crippen LogP contribution in [-0.4, -0.2) is 38.5 Å². The zero-order chi connectivity index (χ0) is 23.0. The van der Waals surface area contributed by atoms with Crippen LogP contribution in [0, 0.1) is 17.8 Å². The van der Waals surface area contributed by atoms with Gasteiger partial charge < -0.3 is 10.6 Å². The Hall–Kier alpha value is -2.86. The third-order valence-electron chi connectivity index (χ3n) is 4.94. The van der Waals surface area contributed by atoms with Crippen LogP contribution in [0.1, 0.15) is 31.2 Å². The first-order valence-electron chi connectivity index (χ1n) is 9.36. The second-order valence-corrected chi connectivity index (χ2v) is 7.49. The zero-order valence-electron chi connectivity index (χ0n) is 16.2. The molecule has 1 aliphatic carbocycles. The van der Waals surface area contributed by atoms with Gasteiger partial charge in [-0.1, -0.05) is 6.92 Å². The van der Waals surface area contributed by atoms with Gasteiger partial charge in [0.2, 0.25) is 17.6 Å². The smallest absolute Gasteiger partial charge is 0.350 e. The lowest BCUT2D eigenvalue weighted by molar-refractivity contribution is -0.174. The number of nitrogens with one attached hydrogen (secondary N) is 2. The average molecular weight is 451 g/mol. The van der Waals surface area contributed by atoms with Gasteiger partial charge in [-0.3, -0.25) is 14.0 Å². The van der Waals surface area contributed by atoms with Crippen LogP contribution in [0.2, 0.25) is 0 Å². The number of nitrogens with zero attached hydrogens (tertiary/aromatic N) is 3. The van der Waals surface area contributed by atoms with E-state index >= 15 is 0 Å². The zero-order valence-corrected chi connectivity index (χ0v) is 16.2. The Morgan fingerprint density at radius 1 is 1.13 bits per heavy atom. The van der Waals surface area contributed by atoms with Crippen LogP contribution in [0.3, 0.4) is 0 Å². The fourth-order valence-corrected chi connectivity index (χ4v) is 2.95. The van der Waals surface area contributed by atoms with E-state index < -0.39 is 48.3 Å². The fraction of sp³-hybridized carbons (Fsp3) is 0.556. The summed E-state index contributed by atoms with van der Waals surface area (Å²) in [7, 11) is 0. The molecule has 1 fully saturated rings. The molecular weight excluding hydrogens is 432 g/mol. The molecule has 0 radical (unpaired) electrons. The minimum Gasteiger partial charge on any atom is -0.350 e. The van der Waals surface area contributed by atoms with Crippen molar-refractivity contribution in [2.75, 3.05) is 0 Å². The number of carbonyl (C=O) groups is 2. The molecule has 2 aromatic rings. The maximum Gasteiger partial charge on any atom is 0.392 e. The number of rotatable bonds is 7. The van der Waals surface area contributed by atoms with E-state index in [1.807, 2.05) is 0 Å². The molecule has 170 valence electrons. The highest BCUT2D eigenvalue weighted by molar-refractivity contribution is 5.81. The average Bonchev–Trinajstić information content (AvgIpc) is 3.38. The van der Waals surface area contributed by atoms with E-state index in [9.17, 15) is 35.9 Å². The molecule has 1 saturated carbocycles. The van der Waals surface area contributed by atoms with Crippen LogP contribution in [-0.2, 0) is 22.7 Å². The van der Waals surface area contributed by atoms with Crippen molar-refractivity contribution in [3.63, 3.8) is 0 Å². The number of aromatic nitrogens is 3. The topological polar surface area (TPSA) is 88.4 Å². The Morgan fingerprint density at radius 3 is 2.39 bits per heavy atom. The molecule has 0 saturated heterocycles. The maximum atomic E-state index is 12.5. The number of halogens is 6. The van der Waals surface area contributed by atoms with Gasteiger partial charge in [0.15, 0.2) is 0 Å². The molecule has 0 aliphatic heterocycles. The van der Waals surface area contributed by atoms with Crippen molar-refractivity contribution in [3.8, 4) is 0 Å². The second kappa shape index (κ2) is 8.35. The Balaban J connectivity index is 1.52. The molecule has 2 aromatic heterocycles. The second-order valence-electron chi connectivity index (χ2n) is 7.49. The van der Waals surface area contributed by atoms with E-state index in [1.54, 1.807) is 6.20 Å². The van der Waals surface area contributed by atoms with Gasteiger partial charge >= 0.3 is 12.4 Å². The highest BCUT2D eigenvalue weighted by Crippen LogP contribution is 2.50. The molecule has 2 N–H and O–H groups in total. The van der Waals surface area contributed by atoms with Gasteiger partial charge in [-0.2, -0.15) is 26.3 Å². The van der Waals surface area contributed by atoms with Gasteiger partial charge in [-0.15, -0.1) is 0 Å². The fourth-order valence-electron chi connectivity index (χ4n) is 2.95. The maximum absolute atomic E-state index is 12.5. The SMILES string of the molecule is CC(CC(=O)NCc1ccn2cc(CNC(=O)[C@H]3CC3C(F)(F)F)nc2n1)C(F)(F)F. The molecule has 3 rings (SSSR count). The van der Waals surface area contributed by atoms with Crippen molar-refractivity contribution in [1.82, 2.24) is 25.0 Å². The van der Waals surface area contributed by atoms with Crippen molar-refractivity contribution >= 4 is 17.6 Å². The number of carbonyl (C=O) groups excluding carboxylic acids is 2. The predicted octanol–water partition coefficient (Wildman–Crippen LogP) is 2.75. The highest BCUT2D eigenvalue weighted by Gasteiger charge is 2.58. The summed E-state index contributed by atoms with van der Waals surface area (Å²) in [5.74, 6) is -5.70. The lowest BCUT2D eigenvalue weighted by Gasteiger charge is -2.14. The summed E-state index contributed by atoms with van der Waals surface area (Å²) in [6.07, 6.45) is -6.67. The van der Waals surface area contributed by atoms with Gasteiger partial charge in [-0.05, 0) is 12.5 Å². The lowest BCUT2D eigenvalue weighted by atomic mass is 10.1. The molecule has 0 bridgehead atoms. The summed E-state index contributed by atoms with van der Waals surface area (Å²) in [4.78, 5) is 31.8. The summed E-state index contributed by atoms with van der Waals surface area (Å²) in [6, 6.07) is 1.53. The number of alkyl halides is 6. The predicted molar refractivity (Wildman–Crippen MR) is 94.2 cm³/mol. The largest absolute Gasteiger partial charge is 0.392 e. The minimum atomic E-state index is -4.46. The highest BCUT2D eigenvalue weighted by atomic mass is 19.4. The van der Waals surface area contributed by atoms with Gasteiger partial charge in [0, 0.05) is 18.8 Å². The Kier molecular flexibility index (Phi) is 6.14. The third-order valence-corrected chi connectivity index (χ3v) is 4.94. The molecule has 2 heterocycles. The van der Waals surface area contributed by atoms with Crippen molar-refractivity contribution in [3.05, 3.63) is 29.8 Å². The molecule has 13 heteroatoms. The normalized spacial score (nSPS) is 19.8. The Morgan fingerprint density at radius 2 is 1.77 bits per heavy atom. The standard InChI is InChI=1S/C18H19F6N5O2/c1-9(17(19,20)21)4-14(30)25-6-10-2-3-29-8-11(28-16(29)27-10)7-26-15(31)12-5-13(12)18(22,23)24/h2-3,8-9,12-13H,4-7H2,1H3,(H,25,30)(H,26,31)/t9?,12-,13?/m0/s1. The van der Waals surface area contributed by atoms with Gasteiger partial charge in [-0.25, -0.2) is 9.97 Å². The van der Waals surface area contributed by atoms with Crippen molar-refractivity contribution in [2.45, 2.75) is 45.2 Å². The number of amides is 2. The van der Waals surface area contributed by atoms with Crippen LogP contribution in [0.5, 0.6) is 0 Å². The summed E-state index contributed by atoms with van der Waals surface area (Å²) in [5, 5.41) is 4.78. The van der Waals surface area contributed by atoms with Crippen LogP contribution in [0.4, 0.5) is 26.3 Å². The summed E-state index contributed by atoms with van der Waals surface area (Å²) in [5.41, 5.74) is 0.720. The van der Waals surface area contributed by atoms with Crippen LogP contribution >= 0.6 is 0 Å². The molecule has 31 heavy (non-hydrogen) atoms. The minimum absolute atomic E-state index is 0.0787. The summed E-state index contributed by atoms with van der Waals surface area (Å²) < 4.78 is 76.6. The first-order valence-corrected chi connectivity index (χ1v) is 9.36. The van der Waals surface area contributed by atoms with E-state index in [2.05, 4.69) is 20.6 Å². The third kappa shape index (κ3) is 5.85. The van der Waals surface area contributed by atoms with Crippen molar-refractivity contribution in [2.24, 2.45) is 17.8 Å². The first-order chi connectivity index (χ1) is 14.3. The first kappa shape index (κ1) is 22.8. The molecule has 0 aromatic carbocycles. The molecule has 3 atom stereocenters. The molecule has 2 unspecified atom stereocenters. The molecule has 7 nitrogen and oxygen atoms in total. The van der Waals surface area contributed by atoms with Crippen molar-refractivity contribution < 1.29 is 35.9 Å². The number of imidazole rings is 1. The van der Waals surface area contributed by atoms with E-state index in [1.165, 1.54) is 16.7 Å². The monoisotopic (exact) mass is 451 g/mol. The van der Waals surface area contributed by atoms with Crippen molar-refractivity contribution in [1.29, 1.82) is 0 Å². The van der Waals surface area contributed by atoms with Crippen LogP contribution in [0.25, 0.3) is 5.78 Å². The van der Waals surface area contributed by atoms with Crippen LogP contribution in [0.15, 0.2) is 18.5 Å². The van der Waals surface area contributed by atoms with E-state index in [0.717, 1.165) is 6.92 Å². The number of fused-ring (bicyclic) bond motifs is 1.